The molecule has 0 fully saturated rings. The fraction of sp³-hybridized carbons (Fsp3) is 0. The molecule has 0 unspecified atom stereocenters. The Balaban J connectivity index is 2.28. The van der Waals surface area contributed by atoms with Crippen molar-refractivity contribution in [3.8, 4) is 18.1 Å². The summed E-state index contributed by atoms with van der Waals surface area (Å²) in [5, 5.41) is 20.3. The van der Waals surface area contributed by atoms with Gasteiger partial charge in [0.25, 0.3) is 5.69 Å². The first-order valence-corrected chi connectivity index (χ1v) is 5.68. The number of nitrogens with zero attached hydrogens (tertiary/aromatic N) is 2. The van der Waals surface area contributed by atoms with E-state index in [-0.39, 0.29) is 17.0 Å². The standard InChI is InChI=1S/C15H10N2O3/c1-2-11-3-5-13(6-4-11)16-10-12-9-14(17(19)20)7-8-15(12)18/h1,3-10,18H. The maximum atomic E-state index is 10.7. The third-order valence-corrected chi connectivity index (χ3v) is 2.61. The van der Waals surface area contributed by atoms with Crippen molar-refractivity contribution >= 4 is 17.6 Å². The van der Waals surface area contributed by atoms with Gasteiger partial charge in [0, 0.05) is 29.5 Å². The highest BCUT2D eigenvalue weighted by Gasteiger charge is 2.08. The monoisotopic (exact) mass is 266 g/mol. The lowest BCUT2D eigenvalue weighted by Gasteiger charge is -1.99. The Hall–Kier alpha value is -3.13. The van der Waals surface area contributed by atoms with E-state index in [0.29, 0.717) is 5.69 Å². The van der Waals surface area contributed by atoms with Crippen molar-refractivity contribution in [3.63, 3.8) is 0 Å². The van der Waals surface area contributed by atoms with Gasteiger partial charge in [-0.3, -0.25) is 15.1 Å². The largest absolute Gasteiger partial charge is 0.507 e. The summed E-state index contributed by atoms with van der Waals surface area (Å²) in [7, 11) is 0. The van der Waals surface area contributed by atoms with E-state index in [9.17, 15) is 15.2 Å². The molecular weight excluding hydrogens is 256 g/mol. The summed E-state index contributed by atoms with van der Waals surface area (Å²) in [4.78, 5) is 14.3. The van der Waals surface area contributed by atoms with E-state index in [0.717, 1.165) is 5.56 Å². The highest BCUT2D eigenvalue weighted by molar-refractivity contribution is 5.86. The lowest BCUT2D eigenvalue weighted by atomic mass is 10.2. The fourth-order valence-electron chi connectivity index (χ4n) is 1.55. The first kappa shape index (κ1) is 13.3. The van der Waals surface area contributed by atoms with Crippen LogP contribution in [0.2, 0.25) is 0 Å². The molecule has 2 aromatic carbocycles. The predicted octanol–water partition coefficient (Wildman–Crippen LogP) is 3.03. The number of benzene rings is 2. The minimum Gasteiger partial charge on any atom is -0.507 e. The summed E-state index contributed by atoms with van der Waals surface area (Å²) in [6, 6.07) is 10.7. The molecule has 0 amide bonds. The summed E-state index contributed by atoms with van der Waals surface area (Å²) in [5.41, 5.74) is 1.55. The minimum atomic E-state index is -0.529. The molecule has 0 saturated heterocycles. The van der Waals surface area contributed by atoms with Gasteiger partial charge < -0.3 is 5.11 Å². The Morgan fingerprint density at radius 3 is 2.55 bits per heavy atom. The zero-order valence-electron chi connectivity index (χ0n) is 10.4. The molecule has 0 bridgehead atoms. The summed E-state index contributed by atoms with van der Waals surface area (Å²) in [5.74, 6) is 2.42. The van der Waals surface area contributed by atoms with Crippen LogP contribution in [0.3, 0.4) is 0 Å². The van der Waals surface area contributed by atoms with Crippen LogP contribution in [0.1, 0.15) is 11.1 Å². The van der Waals surface area contributed by atoms with Crippen molar-refractivity contribution in [2.75, 3.05) is 0 Å². The molecule has 98 valence electrons. The van der Waals surface area contributed by atoms with Crippen LogP contribution < -0.4 is 0 Å². The molecule has 5 nitrogen and oxygen atoms in total. The van der Waals surface area contributed by atoms with Crippen LogP contribution in [0.4, 0.5) is 11.4 Å². The number of terminal acetylenes is 1. The van der Waals surface area contributed by atoms with Gasteiger partial charge in [-0.05, 0) is 30.3 Å². The molecule has 0 aliphatic rings. The molecule has 0 radical (unpaired) electrons. The number of rotatable bonds is 3. The quantitative estimate of drug-likeness (QED) is 0.401. The summed E-state index contributed by atoms with van der Waals surface area (Å²) >= 11 is 0. The number of hydrogen-bond donors (Lipinski definition) is 1. The molecule has 0 aliphatic carbocycles. The molecule has 20 heavy (non-hydrogen) atoms. The number of non-ortho nitro benzene ring substituents is 1. The molecule has 0 atom stereocenters. The molecule has 0 saturated carbocycles. The molecule has 0 spiro atoms. The Morgan fingerprint density at radius 1 is 1.25 bits per heavy atom. The number of hydrogen-bond acceptors (Lipinski definition) is 4. The van der Waals surface area contributed by atoms with Gasteiger partial charge in [0.1, 0.15) is 5.75 Å². The summed E-state index contributed by atoms with van der Waals surface area (Å²) in [6.07, 6.45) is 6.61. The van der Waals surface area contributed by atoms with E-state index >= 15 is 0 Å². The molecule has 0 aliphatic heterocycles. The average molecular weight is 266 g/mol. The van der Waals surface area contributed by atoms with E-state index < -0.39 is 4.92 Å². The predicted molar refractivity (Wildman–Crippen MR) is 76.4 cm³/mol. The van der Waals surface area contributed by atoms with Crippen LogP contribution >= 0.6 is 0 Å². The molecule has 0 heterocycles. The number of nitro groups is 1. The van der Waals surface area contributed by atoms with Crippen LogP contribution in [0, 0.1) is 22.5 Å². The third kappa shape index (κ3) is 3.00. The van der Waals surface area contributed by atoms with E-state index in [2.05, 4.69) is 10.9 Å². The van der Waals surface area contributed by atoms with E-state index in [1.807, 2.05) is 0 Å². The van der Waals surface area contributed by atoms with Gasteiger partial charge in [0.05, 0.1) is 10.6 Å². The number of phenolic OH excluding ortho intramolecular Hbond substituents is 1. The van der Waals surface area contributed by atoms with Crippen molar-refractivity contribution in [2.45, 2.75) is 0 Å². The topological polar surface area (TPSA) is 75.7 Å². The second kappa shape index (κ2) is 5.67. The Bertz CT molecular complexity index is 713. The average Bonchev–Trinajstić information content (AvgIpc) is 2.46. The number of aliphatic imine (C=N–C) groups is 1. The number of aromatic hydroxyl groups is 1. The normalized spacial score (nSPS) is 10.3. The van der Waals surface area contributed by atoms with Crippen LogP contribution in [0.5, 0.6) is 5.75 Å². The molecule has 0 aromatic heterocycles. The van der Waals surface area contributed by atoms with Crippen LogP contribution in [0.25, 0.3) is 0 Å². The highest BCUT2D eigenvalue weighted by atomic mass is 16.6. The second-order valence-electron chi connectivity index (χ2n) is 3.95. The molecule has 1 N–H and O–H groups in total. The van der Waals surface area contributed by atoms with Crippen LogP contribution in [-0.2, 0) is 0 Å². The van der Waals surface area contributed by atoms with Crippen molar-refractivity contribution in [2.24, 2.45) is 4.99 Å². The first-order valence-electron chi connectivity index (χ1n) is 5.68. The molecule has 2 rings (SSSR count). The van der Waals surface area contributed by atoms with Gasteiger partial charge in [0.2, 0.25) is 0 Å². The van der Waals surface area contributed by atoms with Gasteiger partial charge in [-0.25, -0.2) is 0 Å². The van der Waals surface area contributed by atoms with E-state index in [4.69, 9.17) is 6.42 Å². The van der Waals surface area contributed by atoms with E-state index in [1.165, 1.54) is 24.4 Å². The molecule has 2 aromatic rings. The van der Waals surface area contributed by atoms with Gasteiger partial charge in [-0.1, -0.05) is 5.92 Å². The SMILES string of the molecule is C#Cc1ccc(N=Cc2cc([N+](=O)[O-])ccc2O)cc1. The van der Waals surface area contributed by atoms with Gasteiger partial charge >= 0.3 is 0 Å². The fourth-order valence-corrected chi connectivity index (χ4v) is 1.55. The van der Waals surface area contributed by atoms with Gasteiger partial charge in [-0.15, -0.1) is 6.42 Å². The Labute approximate surface area is 115 Å². The molecule has 5 heteroatoms. The maximum absolute atomic E-state index is 10.7. The van der Waals surface area contributed by atoms with Crippen LogP contribution in [0.15, 0.2) is 47.5 Å². The van der Waals surface area contributed by atoms with Crippen molar-refractivity contribution < 1.29 is 10.0 Å². The van der Waals surface area contributed by atoms with Crippen molar-refractivity contribution in [1.82, 2.24) is 0 Å². The van der Waals surface area contributed by atoms with Gasteiger partial charge in [-0.2, -0.15) is 0 Å². The van der Waals surface area contributed by atoms with Crippen LogP contribution in [-0.4, -0.2) is 16.2 Å². The summed E-state index contributed by atoms with van der Waals surface area (Å²) < 4.78 is 0. The van der Waals surface area contributed by atoms with Gasteiger partial charge in [0.15, 0.2) is 0 Å². The Morgan fingerprint density at radius 2 is 1.95 bits per heavy atom. The van der Waals surface area contributed by atoms with Crippen molar-refractivity contribution in [3.05, 3.63) is 63.7 Å². The third-order valence-electron chi connectivity index (χ3n) is 2.61. The Kier molecular flexibility index (Phi) is 3.77. The smallest absolute Gasteiger partial charge is 0.270 e. The maximum Gasteiger partial charge on any atom is 0.270 e. The number of phenols is 1. The molecular formula is C15H10N2O3. The lowest BCUT2D eigenvalue weighted by Crippen LogP contribution is -1.90. The number of nitro benzene ring substituents is 1. The second-order valence-corrected chi connectivity index (χ2v) is 3.95. The lowest BCUT2D eigenvalue weighted by molar-refractivity contribution is -0.384. The minimum absolute atomic E-state index is 0.0698. The van der Waals surface area contributed by atoms with E-state index in [1.54, 1.807) is 24.3 Å². The zero-order chi connectivity index (χ0) is 14.5. The zero-order valence-corrected chi connectivity index (χ0v) is 10.4. The summed E-state index contributed by atoms with van der Waals surface area (Å²) in [6.45, 7) is 0. The highest BCUT2D eigenvalue weighted by Crippen LogP contribution is 2.22. The van der Waals surface area contributed by atoms with Crippen molar-refractivity contribution in [1.29, 1.82) is 0 Å². The first-order chi connectivity index (χ1) is 9.60.